The number of Topliss-reactive ketones (excluding diaryl/α,β-unsaturated/α-hetero) is 1. The first-order chi connectivity index (χ1) is 13.7. The number of carbonyl (C=O) groups excluding carboxylic acids is 2. The Morgan fingerprint density at radius 3 is 2.41 bits per heavy atom. The summed E-state index contributed by atoms with van der Waals surface area (Å²) < 4.78 is 21.0. The maximum absolute atomic E-state index is 12.1. The summed E-state index contributed by atoms with van der Waals surface area (Å²) in [4.78, 5) is 23.8. The van der Waals surface area contributed by atoms with Crippen molar-refractivity contribution in [1.82, 2.24) is 0 Å². The molecule has 2 aliphatic heterocycles. The van der Waals surface area contributed by atoms with E-state index in [9.17, 15) is 35.1 Å². The average Bonchev–Trinajstić information content (AvgIpc) is 2.69. The van der Waals surface area contributed by atoms with Crippen LogP contribution in [-0.4, -0.2) is 94.6 Å². The lowest BCUT2D eigenvalue weighted by Gasteiger charge is -2.42. The number of ether oxygens (including phenoxy) is 4. The van der Waals surface area contributed by atoms with Crippen LogP contribution in [0.2, 0.25) is 0 Å². The molecule has 0 aromatic carbocycles. The smallest absolute Gasteiger partial charge is 0.337 e. The van der Waals surface area contributed by atoms with Gasteiger partial charge in [-0.2, -0.15) is 0 Å². The van der Waals surface area contributed by atoms with Crippen molar-refractivity contribution in [2.45, 2.75) is 50.3 Å². The Hall–Kier alpha value is -1.86. The molecule has 0 aromatic heterocycles. The molecule has 1 saturated heterocycles. The second-order valence-electron chi connectivity index (χ2n) is 6.71. The molecule has 0 amide bonds. The van der Waals surface area contributed by atoms with Crippen molar-refractivity contribution in [2.24, 2.45) is 5.92 Å². The molecule has 11 nitrogen and oxygen atoms in total. The van der Waals surface area contributed by atoms with Gasteiger partial charge in [0.25, 0.3) is 0 Å². The van der Waals surface area contributed by atoms with Gasteiger partial charge >= 0.3 is 5.97 Å². The molecule has 7 unspecified atom stereocenters. The van der Waals surface area contributed by atoms with E-state index in [1.54, 1.807) is 0 Å². The predicted molar refractivity (Wildman–Crippen MR) is 93.8 cm³/mol. The highest BCUT2D eigenvalue weighted by Crippen LogP contribution is 2.36. The SMILES string of the molecule is COC(=O)C1=COC(OC2OC(CO)C(O)C(O)C2O)C(=CCO)C1CC(C)=O. The number of aliphatic hydroxyl groups excluding tert-OH is 5. The average molecular weight is 418 g/mol. The van der Waals surface area contributed by atoms with E-state index in [-0.39, 0.29) is 23.4 Å². The van der Waals surface area contributed by atoms with Gasteiger partial charge in [-0.3, -0.25) is 4.79 Å². The maximum Gasteiger partial charge on any atom is 0.337 e. The number of hydrogen-bond donors (Lipinski definition) is 5. The molecule has 2 rings (SSSR count). The Kier molecular flexibility index (Phi) is 8.28. The molecular formula is C18H26O11. The van der Waals surface area contributed by atoms with E-state index in [0.717, 1.165) is 6.26 Å². The van der Waals surface area contributed by atoms with Crippen LogP contribution in [0.5, 0.6) is 0 Å². The van der Waals surface area contributed by atoms with Crippen LogP contribution in [0.15, 0.2) is 23.5 Å². The van der Waals surface area contributed by atoms with Crippen LogP contribution in [0.1, 0.15) is 13.3 Å². The molecule has 0 aromatic rings. The van der Waals surface area contributed by atoms with Gasteiger partial charge < -0.3 is 44.5 Å². The van der Waals surface area contributed by atoms with Gasteiger partial charge in [-0.1, -0.05) is 6.08 Å². The van der Waals surface area contributed by atoms with Crippen LogP contribution in [-0.2, 0) is 28.5 Å². The van der Waals surface area contributed by atoms with Crippen molar-refractivity contribution < 1.29 is 54.1 Å². The summed E-state index contributed by atoms with van der Waals surface area (Å²) in [5.74, 6) is -1.80. The van der Waals surface area contributed by atoms with Gasteiger partial charge in [-0.05, 0) is 6.92 Å². The van der Waals surface area contributed by atoms with Gasteiger partial charge in [-0.15, -0.1) is 0 Å². The topological polar surface area (TPSA) is 172 Å². The fraction of sp³-hybridized carbons (Fsp3) is 0.667. The van der Waals surface area contributed by atoms with Crippen LogP contribution < -0.4 is 0 Å². The van der Waals surface area contributed by atoms with Crippen molar-refractivity contribution in [3.05, 3.63) is 23.5 Å². The summed E-state index contributed by atoms with van der Waals surface area (Å²) in [6.07, 6.45) is -6.65. The van der Waals surface area contributed by atoms with E-state index in [4.69, 9.17) is 18.9 Å². The minimum absolute atomic E-state index is 0.0380. The summed E-state index contributed by atoms with van der Waals surface area (Å²) in [6.45, 7) is 0.222. The fourth-order valence-electron chi connectivity index (χ4n) is 3.22. The van der Waals surface area contributed by atoms with E-state index >= 15 is 0 Å². The lowest BCUT2D eigenvalue weighted by Crippen LogP contribution is -2.60. The first-order valence-electron chi connectivity index (χ1n) is 8.95. The second-order valence-corrected chi connectivity index (χ2v) is 6.71. The Morgan fingerprint density at radius 2 is 1.86 bits per heavy atom. The maximum atomic E-state index is 12.1. The molecule has 0 spiro atoms. The van der Waals surface area contributed by atoms with Crippen molar-refractivity contribution >= 4 is 11.8 Å². The van der Waals surface area contributed by atoms with E-state index in [1.165, 1.54) is 20.1 Å². The number of methoxy groups -OCH3 is 1. The van der Waals surface area contributed by atoms with Gasteiger partial charge in [0.1, 0.15) is 30.2 Å². The number of aliphatic hydroxyl groups is 5. The van der Waals surface area contributed by atoms with E-state index in [1.807, 2.05) is 0 Å². The molecule has 11 heteroatoms. The number of carbonyl (C=O) groups is 2. The largest absolute Gasteiger partial charge is 0.468 e. The molecule has 0 bridgehead atoms. The zero-order valence-electron chi connectivity index (χ0n) is 16.0. The molecular weight excluding hydrogens is 392 g/mol. The summed E-state index contributed by atoms with van der Waals surface area (Å²) in [5, 5.41) is 48.6. The van der Waals surface area contributed by atoms with Crippen LogP contribution in [0.3, 0.4) is 0 Å². The van der Waals surface area contributed by atoms with Crippen molar-refractivity contribution in [2.75, 3.05) is 20.3 Å². The van der Waals surface area contributed by atoms with Gasteiger partial charge in [0, 0.05) is 17.9 Å². The Morgan fingerprint density at radius 1 is 1.17 bits per heavy atom. The molecule has 164 valence electrons. The van der Waals surface area contributed by atoms with Gasteiger partial charge in [0.15, 0.2) is 6.29 Å². The van der Waals surface area contributed by atoms with Gasteiger partial charge in [0.05, 0.1) is 32.2 Å². The quantitative estimate of drug-likeness (QED) is 0.223. The molecule has 1 fully saturated rings. The third-order valence-corrected chi connectivity index (χ3v) is 4.71. The Balaban J connectivity index is 2.31. The van der Waals surface area contributed by atoms with Crippen molar-refractivity contribution in [3.8, 4) is 0 Å². The molecule has 2 aliphatic rings. The lowest BCUT2D eigenvalue weighted by molar-refractivity contribution is -0.327. The van der Waals surface area contributed by atoms with Crippen molar-refractivity contribution in [3.63, 3.8) is 0 Å². The number of ketones is 1. The fourth-order valence-corrected chi connectivity index (χ4v) is 3.22. The first-order valence-corrected chi connectivity index (χ1v) is 8.95. The first kappa shape index (κ1) is 23.4. The zero-order valence-corrected chi connectivity index (χ0v) is 16.0. The summed E-state index contributed by atoms with van der Waals surface area (Å²) in [5.41, 5.74) is 0.249. The van der Waals surface area contributed by atoms with Crippen LogP contribution in [0.4, 0.5) is 0 Å². The van der Waals surface area contributed by atoms with Crippen LogP contribution in [0.25, 0.3) is 0 Å². The lowest BCUT2D eigenvalue weighted by atomic mass is 9.85. The molecule has 7 atom stereocenters. The molecule has 0 radical (unpaired) electrons. The second kappa shape index (κ2) is 10.3. The van der Waals surface area contributed by atoms with E-state index in [0.29, 0.717) is 0 Å². The highest BCUT2D eigenvalue weighted by Gasteiger charge is 2.46. The number of hydrogen-bond acceptors (Lipinski definition) is 11. The molecule has 5 N–H and O–H groups in total. The highest BCUT2D eigenvalue weighted by atomic mass is 16.8. The normalized spacial score (nSPS) is 36.3. The minimum Gasteiger partial charge on any atom is -0.468 e. The molecule has 0 aliphatic carbocycles. The van der Waals surface area contributed by atoms with Crippen molar-refractivity contribution in [1.29, 1.82) is 0 Å². The standard InChI is InChI=1S/C18H26O11/c1-8(21)5-10-9(3-4-19)17(27-7-11(10)16(25)26-2)29-18-15(24)14(23)13(22)12(6-20)28-18/h3,7,10,12-15,17-20,22-24H,4-6H2,1-2H3. The van der Waals surface area contributed by atoms with E-state index in [2.05, 4.69) is 0 Å². The number of esters is 1. The van der Waals surface area contributed by atoms with E-state index < -0.39 is 62.1 Å². The number of rotatable bonds is 7. The monoisotopic (exact) mass is 418 g/mol. The molecule has 0 saturated carbocycles. The Labute approximate surface area is 166 Å². The molecule has 2 heterocycles. The summed E-state index contributed by atoms with van der Waals surface area (Å²) in [7, 11) is 1.17. The predicted octanol–water partition coefficient (Wildman–Crippen LogP) is -2.27. The third-order valence-electron chi connectivity index (χ3n) is 4.71. The minimum atomic E-state index is -1.68. The summed E-state index contributed by atoms with van der Waals surface area (Å²) >= 11 is 0. The van der Waals surface area contributed by atoms with Gasteiger partial charge in [0.2, 0.25) is 6.29 Å². The summed E-state index contributed by atoms with van der Waals surface area (Å²) in [6, 6.07) is 0. The Bertz CT molecular complexity index is 656. The zero-order chi connectivity index (χ0) is 21.7. The van der Waals surface area contributed by atoms with Crippen LogP contribution >= 0.6 is 0 Å². The highest BCUT2D eigenvalue weighted by molar-refractivity contribution is 5.91. The van der Waals surface area contributed by atoms with Crippen LogP contribution in [0, 0.1) is 5.92 Å². The molecule has 29 heavy (non-hydrogen) atoms. The van der Waals surface area contributed by atoms with Gasteiger partial charge in [-0.25, -0.2) is 4.79 Å². The third kappa shape index (κ3) is 5.20.